The van der Waals surface area contributed by atoms with Crippen molar-refractivity contribution >= 4 is 17.2 Å². The van der Waals surface area contributed by atoms with Crippen molar-refractivity contribution in [1.29, 1.82) is 5.26 Å². The van der Waals surface area contributed by atoms with E-state index in [1.807, 2.05) is 13.1 Å². The Balaban J connectivity index is 2.09. The van der Waals surface area contributed by atoms with Gasteiger partial charge in [0.15, 0.2) is 0 Å². The summed E-state index contributed by atoms with van der Waals surface area (Å²) >= 11 is 1.80. The zero-order valence-corrected chi connectivity index (χ0v) is 10.7. The quantitative estimate of drug-likeness (QED) is 0.832. The molecule has 0 saturated carbocycles. The maximum atomic E-state index is 8.70. The van der Waals surface area contributed by atoms with Crippen LogP contribution < -0.4 is 4.90 Å². The molecular formula is C13H13N3S. The maximum absolute atomic E-state index is 8.70. The van der Waals surface area contributed by atoms with Crippen molar-refractivity contribution in [3.63, 3.8) is 0 Å². The molecule has 86 valence electrons. The molecule has 2 aromatic heterocycles. The minimum atomic E-state index is 0.592. The van der Waals surface area contributed by atoms with Crippen LogP contribution in [0.25, 0.3) is 0 Å². The van der Waals surface area contributed by atoms with Crippen molar-refractivity contribution < 1.29 is 0 Å². The average Bonchev–Trinajstić information content (AvgIpc) is 2.75. The lowest BCUT2D eigenvalue weighted by atomic mass is 10.3. The van der Waals surface area contributed by atoms with Crippen LogP contribution in [0.4, 0.5) is 5.82 Å². The van der Waals surface area contributed by atoms with E-state index >= 15 is 0 Å². The van der Waals surface area contributed by atoms with Crippen LogP contribution in [-0.4, -0.2) is 12.0 Å². The molecule has 2 aromatic rings. The van der Waals surface area contributed by atoms with Gasteiger partial charge in [-0.05, 0) is 31.2 Å². The first-order chi connectivity index (χ1) is 8.19. The molecule has 0 N–H and O–H groups in total. The van der Waals surface area contributed by atoms with Crippen LogP contribution in [0.2, 0.25) is 0 Å². The van der Waals surface area contributed by atoms with Crippen molar-refractivity contribution in [3.05, 3.63) is 45.8 Å². The van der Waals surface area contributed by atoms with E-state index in [4.69, 9.17) is 5.26 Å². The third-order valence-electron chi connectivity index (χ3n) is 2.46. The molecule has 0 aromatic carbocycles. The molecule has 0 atom stereocenters. The second kappa shape index (κ2) is 4.98. The highest BCUT2D eigenvalue weighted by atomic mass is 32.1. The number of thiophene rings is 1. The van der Waals surface area contributed by atoms with E-state index in [0.29, 0.717) is 5.56 Å². The summed E-state index contributed by atoms with van der Waals surface area (Å²) in [5, 5.41) is 8.70. The zero-order chi connectivity index (χ0) is 12.3. The van der Waals surface area contributed by atoms with Gasteiger partial charge in [-0.2, -0.15) is 5.26 Å². The van der Waals surface area contributed by atoms with Gasteiger partial charge >= 0.3 is 0 Å². The molecule has 0 spiro atoms. The summed E-state index contributed by atoms with van der Waals surface area (Å²) in [5.41, 5.74) is 0.592. The SMILES string of the molecule is Cc1ccc(CN(C)c2ccc(C#N)cn2)s1. The van der Waals surface area contributed by atoms with E-state index < -0.39 is 0 Å². The Hall–Kier alpha value is -1.86. The number of hydrogen-bond acceptors (Lipinski definition) is 4. The van der Waals surface area contributed by atoms with Gasteiger partial charge in [0, 0.05) is 23.0 Å². The minimum absolute atomic E-state index is 0.592. The molecule has 0 aliphatic rings. The number of aromatic nitrogens is 1. The van der Waals surface area contributed by atoms with Crippen molar-refractivity contribution in [2.24, 2.45) is 0 Å². The van der Waals surface area contributed by atoms with Crippen LogP contribution in [0.15, 0.2) is 30.5 Å². The van der Waals surface area contributed by atoms with Gasteiger partial charge in [0.25, 0.3) is 0 Å². The third kappa shape index (κ3) is 2.83. The lowest BCUT2D eigenvalue weighted by Crippen LogP contribution is -2.16. The van der Waals surface area contributed by atoms with Crippen molar-refractivity contribution in [1.82, 2.24) is 4.98 Å². The Morgan fingerprint density at radius 2 is 2.18 bits per heavy atom. The molecule has 0 unspecified atom stereocenters. The van der Waals surface area contributed by atoms with E-state index in [2.05, 4.69) is 35.0 Å². The van der Waals surface area contributed by atoms with E-state index in [-0.39, 0.29) is 0 Å². The van der Waals surface area contributed by atoms with Gasteiger partial charge in [0.1, 0.15) is 11.9 Å². The predicted molar refractivity (Wildman–Crippen MR) is 70.1 cm³/mol. The molecule has 0 aliphatic heterocycles. The Kier molecular flexibility index (Phi) is 3.40. The molecule has 0 aliphatic carbocycles. The van der Waals surface area contributed by atoms with Crippen LogP contribution in [0.5, 0.6) is 0 Å². The van der Waals surface area contributed by atoms with E-state index in [1.54, 1.807) is 23.6 Å². The van der Waals surface area contributed by atoms with Gasteiger partial charge in [-0.15, -0.1) is 11.3 Å². The standard InChI is InChI=1S/C13H13N3S/c1-10-3-5-12(17-10)9-16(2)13-6-4-11(7-14)8-15-13/h3-6,8H,9H2,1-2H3. The van der Waals surface area contributed by atoms with Gasteiger partial charge in [-0.1, -0.05) is 0 Å². The lowest BCUT2D eigenvalue weighted by molar-refractivity contribution is 0.912. The Morgan fingerprint density at radius 3 is 2.71 bits per heavy atom. The minimum Gasteiger partial charge on any atom is -0.355 e. The van der Waals surface area contributed by atoms with Crippen LogP contribution >= 0.6 is 11.3 Å². The van der Waals surface area contributed by atoms with Crippen LogP contribution in [0, 0.1) is 18.3 Å². The van der Waals surface area contributed by atoms with Gasteiger partial charge in [-0.3, -0.25) is 0 Å². The fourth-order valence-corrected chi connectivity index (χ4v) is 2.51. The van der Waals surface area contributed by atoms with E-state index in [9.17, 15) is 0 Å². The first-order valence-corrected chi connectivity index (χ1v) is 6.13. The molecule has 2 heterocycles. The number of rotatable bonds is 3. The van der Waals surface area contributed by atoms with Crippen molar-refractivity contribution in [2.75, 3.05) is 11.9 Å². The normalized spacial score (nSPS) is 9.94. The number of nitrogens with zero attached hydrogens (tertiary/aromatic N) is 3. The summed E-state index contributed by atoms with van der Waals surface area (Å²) in [7, 11) is 2.00. The average molecular weight is 243 g/mol. The second-order valence-electron chi connectivity index (χ2n) is 3.89. The van der Waals surface area contributed by atoms with Gasteiger partial charge in [0.2, 0.25) is 0 Å². The van der Waals surface area contributed by atoms with Crippen molar-refractivity contribution in [2.45, 2.75) is 13.5 Å². The zero-order valence-electron chi connectivity index (χ0n) is 9.84. The Bertz CT molecular complexity index is 537. The molecule has 0 radical (unpaired) electrons. The molecule has 3 nitrogen and oxygen atoms in total. The molecule has 0 amide bonds. The lowest BCUT2D eigenvalue weighted by Gasteiger charge is -2.16. The number of hydrogen-bond donors (Lipinski definition) is 0. The third-order valence-corrected chi connectivity index (χ3v) is 3.44. The largest absolute Gasteiger partial charge is 0.355 e. The smallest absolute Gasteiger partial charge is 0.128 e. The first-order valence-electron chi connectivity index (χ1n) is 5.31. The highest BCUT2D eigenvalue weighted by Gasteiger charge is 2.05. The molecule has 17 heavy (non-hydrogen) atoms. The summed E-state index contributed by atoms with van der Waals surface area (Å²) in [6.07, 6.45) is 1.60. The van der Waals surface area contributed by atoms with Crippen LogP contribution in [-0.2, 0) is 6.54 Å². The fourth-order valence-electron chi connectivity index (χ4n) is 1.56. The number of pyridine rings is 1. The Labute approximate surface area is 105 Å². The van der Waals surface area contributed by atoms with Crippen LogP contribution in [0.3, 0.4) is 0 Å². The monoisotopic (exact) mass is 243 g/mol. The fraction of sp³-hybridized carbons (Fsp3) is 0.231. The van der Waals surface area contributed by atoms with E-state index in [0.717, 1.165) is 12.4 Å². The van der Waals surface area contributed by atoms with Crippen molar-refractivity contribution in [3.8, 4) is 6.07 Å². The maximum Gasteiger partial charge on any atom is 0.128 e. The summed E-state index contributed by atoms with van der Waals surface area (Å²) in [4.78, 5) is 8.97. The molecule has 0 saturated heterocycles. The van der Waals surface area contributed by atoms with Gasteiger partial charge in [-0.25, -0.2) is 4.98 Å². The number of nitriles is 1. The summed E-state index contributed by atoms with van der Waals surface area (Å²) in [6, 6.07) is 10.00. The highest BCUT2D eigenvalue weighted by Crippen LogP contribution is 2.19. The van der Waals surface area contributed by atoms with Gasteiger partial charge < -0.3 is 4.90 Å². The topological polar surface area (TPSA) is 39.9 Å². The van der Waals surface area contributed by atoms with Gasteiger partial charge in [0.05, 0.1) is 12.1 Å². The van der Waals surface area contributed by atoms with Crippen LogP contribution in [0.1, 0.15) is 15.3 Å². The highest BCUT2D eigenvalue weighted by molar-refractivity contribution is 7.11. The Morgan fingerprint density at radius 1 is 1.35 bits per heavy atom. The first kappa shape index (κ1) is 11.6. The predicted octanol–water partition coefficient (Wildman–Crippen LogP) is 2.96. The molecule has 0 bridgehead atoms. The molecule has 4 heteroatoms. The number of anilines is 1. The molecular weight excluding hydrogens is 230 g/mol. The summed E-state index contributed by atoms with van der Waals surface area (Å²) in [6.45, 7) is 2.95. The molecule has 2 rings (SSSR count). The van der Waals surface area contributed by atoms with E-state index in [1.165, 1.54) is 9.75 Å². The summed E-state index contributed by atoms with van der Waals surface area (Å²) in [5.74, 6) is 0.884. The molecule has 0 fully saturated rings. The number of aryl methyl sites for hydroxylation is 1. The summed E-state index contributed by atoms with van der Waals surface area (Å²) < 4.78 is 0. The second-order valence-corrected chi connectivity index (χ2v) is 5.26.